The van der Waals surface area contributed by atoms with Crippen LogP contribution in [-0.2, 0) is 16.6 Å². The first-order valence-corrected chi connectivity index (χ1v) is 7.68. The third-order valence-electron chi connectivity index (χ3n) is 2.97. The molecule has 0 aliphatic heterocycles. The average molecular weight is 309 g/mol. The molecule has 112 valence electrons. The second kappa shape index (κ2) is 5.79. The summed E-state index contributed by atoms with van der Waals surface area (Å²) in [6.45, 7) is 1.88. The highest BCUT2D eigenvalue weighted by atomic mass is 32.2. The molecule has 0 spiro atoms. The minimum atomic E-state index is -3.93. The highest BCUT2D eigenvalue weighted by molar-refractivity contribution is 7.89. The van der Waals surface area contributed by atoms with E-state index >= 15 is 0 Å². The van der Waals surface area contributed by atoms with Crippen molar-refractivity contribution < 1.29 is 12.8 Å². The predicted molar refractivity (Wildman–Crippen MR) is 78.4 cm³/mol. The lowest BCUT2D eigenvalue weighted by molar-refractivity contribution is 0.455. The van der Waals surface area contributed by atoms with Gasteiger partial charge in [-0.15, -0.1) is 0 Å². The molecular weight excluding hydrogens is 293 g/mol. The Hall–Kier alpha value is -1.99. The number of halogens is 1. The SMILES string of the molecule is Cc1cccc(CN(C)S(=O)(=O)c2ccc(N)cc2F)n1. The Bertz CT molecular complexity index is 763. The molecule has 0 saturated carbocycles. The number of benzene rings is 1. The van der Waals surface area contributed by atoms with Crippen LogP contribution in [0.5, 0.6) is 0 Å². The van der Waals surface area contributed by atoms with Crippen molar-refractivity contribution in [1.29, 1.82) is 0 Å². The van der Waals surface area contributed by atoms with Crippen molar-refractivity contribution >= 4 is 15.7 Å². The Morgan fingerprint density at radius 3 is 2.62 bits per heavy atom. The smallest absolute Gasteiger partial charge is 0.246 e. The van der Waals surface area contributed by atoms with Crippen molar-refractivity contribution in [3.63, 3.8) is 0 Å². The van der Waals surface area contributed by atoms with Gasteiger partial charge in [0.1, 0.15) is 10.7 Å². The van der Waals surface area contributed by atoms with E-state index in [1.165, 1.54) is 19.2 Å². The number of hydrogen-bond acceptors (Lipinski definition) is 4. The molecule has 0 bridgehead atoms. The molecule has 0 fully saturated rings. The van der Waals surface area contributed by atoms with Crippen LogP contribution >= 0.6 is 0 Å². The van der Waals surface area contributed by atoms with E-state index in [1.54, 1.807) is 12.1 Å². The normalized spacial score (nSPS) is 11.8. The molecule has 0 aliphatic carbocycles. The first-order chi connectivity index (χ1) is 9.80. The topological polar surface area (TPSA) is 76.3 Å². The van der Waals surface area contributed by atoms with Crippen molar-refractivity contribution in [2.75, 3.05) is 12.8 Å². The fourth-order valence-electron chi connectivity index (χ4n) is 1.89. The number of nitrogens with zero attached hydrogens (tertiary/aromatic N) is 2. The summed E-state index contributed by atoms with van der Waals surface area (Å²) in [4.78, 5) is 3.84. The molecular formula is C14H16FN3O2S. The number of pyridine rings is 1. The van der Waals surface area contributed by atoms with Gasteiger partial charge < -0.3 is 5.73 Å². The third-order valence-corrected chi connectivity index (χ3v) is 4.81. The summed E-state index contributed by atoms with van der Waals surface area (Å²) in [6.07, 6.45) is 0. The van der Waals surface area contributed by atoms with Crippen molar-refractivity contribution in [3.8, 4) is 0 Å². The van der Waals surface area contributed by atoms with Gasteiger partial charge >= 0.3 is 0 Å². The van der Waals surface area contributed by atoms with Crippen molar-refractivity contribution in [3.05, 3.63) is 53.6 Å². The Morgan fingerprint density at radius 1 is 1.29 bits per heavy atom. The molecule has 0 aliphatic rings. The monoisotopic (exact) mass is 309 g/mol. The summed E-state index contributed by atoms with van der Waals surface area (Å²) >= 11 is 0. The van der Waals surface area contributed by atoms with E-state index in [0.29, 0.717) is 5.69 Å². The molecule has 0 radical (unpaired) electrons. The molecule has 5 nitrogen and oxygen atoms in total. The Labute approximate surface area is 123 Å². The Kier molecular flexibility index (Phi) is 4.24. The number of anilines is 1. The zero-order valence-corrected chi connectivity index (χ0v) is 12.6. The van der Waals surface area contributed by atoms with Crippen LogP contribution in [-0.4, -0.2) is 24.8 Å². The van der Waals surface area contributed by atoms with Gasteiger partial charge in [-0.05, 0) is 37.3 Å². The molecule has 7 heteroatoms. The van der Waals surface area contributed by atoms with Crippen molar-refractivity contribution in [2.45, 2.75) is 18.4 Å². The van der Waals surface area contributed by atoms with Crippen LogP contribution in [0.3, 0.4) is 0 Å². The molecule has 1 aromatic heterocycles. The van der Waals surface area contributed by atoms with E-state index in [0.717, 1.165) is 16.1 Å². The van der Waals surface area contributed by atoms with E-state index in [-0.39, 0.29) is 12.2 Å². The van der Waals surface area contributed by atoms with Gasteiger partial charge in [0.2, 0.25) is 10.0 Å². The van der Waals surface area contributed by atoms with Crippen LogP contribution in [0.25, 0.3) is 0 Å². The quantitative estimate of drug-likeness (QED) is 0.876. The van der Waals surface area contributed by atoms with Gasteiger partial charge in [0.25, 0.3) is 0 Å². The largest absolute Gasteiger partial charge is 0.399 e. The summed E-state index contributed by atoms with van der Waals surface area (Å²) in [5.74, 6) is -0.862. The molecule has 2 rings (SSSR count). The number of aryl methyl sites for hydroxylation is 1. The van der Waals surface area contributed by atoms with E-state index in [9.17, 15) is 12.8 Å². The number of rotatable bonds is 4. The van der Waals surface area contributed by atoms with Gasteiger partial charge in [-0.1, -0.05) is 6.07 Å². The Morgan fingerprint density at radius 2 is 2.00 bits per heavy atom. The van der Waals surface area contributed by atoms with E-state index < -0.39 is 20.7 Å². The first kappa shape index (κ1) is 15.4. The summed E-state index contributed by atoms with van der Waals surface area (Å²) in [6, 6.07) is 8.85. The van der Waals surface area contributed by atoms with Gasteiger partial charge in [0.05, 0.1) is 12.2 Å². The second-order valence-electron chi connectivity index (χ2n) is 4.72. The van der Waals surface area contributed by atoms with E-state index in [1.807, 2.05) is 13.0 Å². The van der Waals surface area contributed by atoms with Gasteiger partial charge in [0.15, 0.2) is 0 Å². The standard InChI is InChI=1S/C14H16FN3O2S/c1-10-4-3-5-12(17-10)9-18(2)21(19,20)14-7-6-11(16)8-13(14)15/h3-8H,9,16H2,1-2H3. The first-order valence-electron chi connectivity index (χ1n) is 6.24. The molecule has 0 atom stereocenters. The van der Waals surface area contributed by atoms with Gasteiger partial charge in [-0.3, -0.25) is 4.98 Å². The third kappa shape index (κ3) is 3.37. The number of nitrogen functional groups attached to an aromatic ring is 1. The van der Waals surface area contributed by atoms with Crippen LogP contribution in [0.1, 0.15) is 11.4 Å². The van der Waals surface area contributed by atoms with E-state index in [4.69, 9.17) is 5.73 Å². The maximum atomic E-state index is 13.8. The van der Waals surface area contributed by atoms with Crippen LogP contribution in [0, 0.1) is 12.7 Å². The number of nitrogens with two attached hydrogens (primary N) is 1. The van der Waals surface area contributed by atoms with Crippen LogP contribution in [0.2, 0.25) is 0 Å². The molecule has 21 heavy (non-hydrogen) atoms. The van der Waals surface area contributed by atoms with Crippen LogP contribution in [0.15, 0.2) is 41.3 Å². The number of aromatic nitrogens is 1. The van der Waals surface area contributed by atoms with Gasteiger partial charge in [-0.2, -0.15) is 4.31 Å². The fourth-order valence-corrected chi connectivity index (χ4v) is 3.08. The zero-order valence-electron chi connectivity index (χ0n) is 11.7. The van der Waals surface area contributed by atoms with Crippen molar-refractivity contribution in [2.24, 2.45) is 0 Å². The average Bonchev–Trinajstić information content (AvgIpc) is 2.38. The summed E-state index contributed by atoms with van der Waals surface area (Å²) in [5, 5.41) is 0. The maximum absolute atomic E-state index is 13.8. The van der Waals surface area contributed by atoms with Crippen LogP contribution in [0.4, 0.5) is 10.1 Å². The number of hydrogen-bond donors (Lipinski definition) is 1. The molecule has 1 aromatic carbocycles. The van der Waals surface area contributed by atoms with Gasteiger partial charge in [-0.25, -0.2) is 12.8 Å². The lowest BCUT2D eigenvalue weighted by Gasteiger charge is -2.17. The van der Waals surface area contributed by atoms with Crippen LogP contribution < -0.4 is 5.73 Å². The Balaban J connectivity index is 2.30. The lowest BCUT2D eigenvalue weighted by Crippen LogP contribution is -2.27. The summed E-state index contributed by atoms with van der Waals surface area (Å²) < 4.78 is 39.6. The number of sulfonamides is 1. The minimum absolute atomic E-state index is 0.0633. The fraction of sp³-hybridized carbons (Fsp3) is 0.214. The maximum Gasteiger partial charge on any atom is 0.246 e. The highest BCUT2D eigenvalue weighted by Crippen LogP contribution is 2.21. The molecule has 0 amide bonds. The molecule has 2 aromatic rings. The van der Waals surface area contributed by atoms with E-state index in [2.05, 4.69) is 4.98 Å². The molecule has 2 N–H and O–H groups in total. The molecule has 1 heterocycles. The summed E-state index contributed by atoms with van der Waals surface area (Å²) in [7, 11) is -2.55. The van der Waals surface area contributed by atoms with Gasteiger partial charge in [0, 0.05) is 18.4 Å². The molecule has 0 unspecified atom stereocenters. The second-order valence-corrected chi connectivity index (χ2v) is 6.73. The lowest BCUT2D eigenvalue weighted by atomic mass is 10.3. The zero-order chi connectivity index (χ0) is 15.6. The highest BCUT2D eigenvalue weighted by Gasteiger charge is 2.24. The minimum Gasteiger partial charge on any atom is -0.399 e. The van der Waals surface area contributed by atoms with Crippen molar-refractivity contribution in [1.82, 2.24) is 9.29 Å². The molecule has 0 saturated heterocycles. The predicted octanol–water partition coefficient (Wildman–Crippen LogP) is 1.93. The summed E-state index contributed by atoms with van der Waals surface area (Å²) in [5.41, 5.74) is 6.99.